The van der Waals surface area contributed by atoms with E-state index in [4.69, 9.17) is 0 Å². The third kappa shape index (κ3) is 1.04. The van der Waals surface area contributed by atoms with Crippen molar-refractivity contribution >= 4 is 26.2 Å². The van der Waals surface area contributed by atoms with Gasteiger partial charge in [0.15, 0.2) is 5.82 Å². The number of hydrogen-bond acceptors (Lipinski definition) is 3. The van der Waals surface area contributed by atoms with Crippen molar-refractivity contribution < 1.29 is 0 Å². The summed E-state index contributed by atoms with van der Waals surface area (Å²) in [7, 11) is 2.41. The lowest BCUT2D eigenvalue weighted by molar-refractivity contribution is 1.17. The monoisotopic (exact) mass is 180 g/mol. The third-order valence-electron chi connectivity index (χ3n) is 1.66. The Labute approximate surface area is 72.1 Å². The van der Waals surface area contributed by atoms with Crippen LogP contribution in [0.2, 0.25) is 0 Å². The van der Waals surface area contributed by atoms with Gasteiger partial charge in [0, 0.05) is 6.20 Å². The highest BCUT2D eigenvalue weighted by Crippen LogP contribution is 2.18. The normalized spacial score (nSPS) is 10.5. The van der Waals surface area contributed by atoms with E-state index in [0.717, 1.165) is 22.7 Å². The summed E-state index contributed by atoms with van der Waals surface area (Å²) >= 11 is 0. The van der Waals surface area contributed by atoms with Gasteiger partial charge in [-0.2, -0.15) is 0 Å². The van der Waals surface area contributed by atoms with Crippen molar-refractivity contribution in [3.05, 3.63) is 18.1 Å². The van der Waals surface area contributed by atoms with Gasteiger partial charge in [-0.05, 0) is 22.4 Å². The number of aromatic amines is 1. The molecule has 5 heteroatoms. The molecule has 0 saturated heterocycles. The Bertz CT molecular complexity index is 409. The van der Waals surface area contributed by atoms with Crippen LogP contribution in [-0.2, 0) is 0 Å². The quantitative estimate of drug-likeness (QED) is 0.653. The molecule has 0 bridgehead atoms. The predicted octanol–water partition coefficient (Wildman–Crippen LogP) is 1.47. The topological polar surface area (TPSA) is 53.6 Å². The van der Waals surface area contributed by atoms with Crippen molar-refractivity contribution in [1.29, 1.82) is 0 Å². The number of hydrogen-bond donors (Lipinski definition) is 2. The largest absolute Gasteiger partial charge is 0.353 e. The minimum Gasteiger partial charge on any atom is -0.353 e. The van der Waals surface area contributed by atoms with Crippen molar-refractivity contribution in [3.8, 4) is 0 Å². The highest BCUT2D eigenvalue weighted by atomic mass is 31.0. The average molecular weight is 180 g/mol. The predicted molar refractivity (Wildman–Crippen MR) is 52.0 cm³/mol. The Kier molecular flexibility index (Phi) is 1.70. The fourth-order valence-electron chi connectivity index (χ4n) is 1.16. The van der Waals surface area contributed by atoms with Crippen LogP contribution in [0.15, 0.2) is 12.3 Å². The maximum atomic E-state index is 4.29. The van der Waals surface area contributed by atoms with Gasteiger partial charge in [0.2, 0.25) is 0 Å². The van der Waals surface area contributed by atoms with Crippen LogP contribution in [-0.4, -0.2) is 15.0 Å². The first-order valence-corrected chi connectivity index (χ1v) is 4.17. The molecule has 2 N–H and O–H groups in total. The molecule has 0 fully saturated rings. The molecule has 0 aliphatic carbocycles. The fraction of sp³-hybridized carbons (Fsp3) is 0.143. The second-order valence-electron chi connectivity index (χ2n) is 2.52. The smallest absolute Gasteiger partial charge is 0.157 e. The number of H-pyrrole nitrogens is 1. The number of aromatic nitrogens is 3. The van der Waals surface area contributed by atoms with Gasteiger partial charge in [-0.1, -0.05) is 0 Å². The average Bonchev–Trinajstić information content (AvgIpc) is 2.44. The summed E-state index contributed by atoms with van der Waals surface area (Å²) in [4.78, 5) is 11.5. The first-order valence-electron chi connectivity index (χ1n) is 3.59. The molecule has 62 valence electrons. The minimum atomic E-state index is 0.779. The summed E-state index contributed by atoms with van der Waals surface area (Å²) in [5, 5.41) is 2.91. The number of imidazole rings is 1. The van der Waals surface area contributed by atoms with Gasteiger partial charge < -0.3 is 10.1 Å². The molecule has 2 heterocycles. The maximum absolute atomic E-state index is 4.29. The van der Waals surface area contributed by atoms with E-state index < -0.39 is 0 Å². The number of anilines is 1. The highest BCUT2D eigenvalue weighted by molar-refractivity contribution is 7.18. The number of pyridine rings is 1. The van der Waals surface area contributed by atoms with E-state index in [2.05, 4.69) is 29.4 Å². The van der Waals surface area contributed by atoms with E-state index in [1.54, 1.807) is 6.20 Å². The molecule has 0 radical (unpaired) electrons. The van der Waals surface area contributed by atoms with Crippen molar-refractivity contribution in [2.45, 2.75) is 6.92 Å². The zero-order valence-corrected chi connectivity index (χ0v) is 7.78. The van der Waals surface area contributed by atoms with Crippen LogP contribution in [0.4, 0.5) is 5.82 Å². The summed E-state index contributed by atoms with van der Waals surface area (Å²) in [6, 6.07) is 1.90. The van der Waals surface area contributed by atoms with Gasteiger partial charge in [0.1, 0.15) is 11.3 Å². The molecular formula is C7H9N4P. The van der Waals surface area contributed by atoms with Crippen LogP contribution in [0.5, 0.6) is 0 Å². The lowest BCUT2D eigenvalue weighted by Gasteiger charge is -1.96. The van der Waals surface area contributed by atoms with E-state index in [9.17, 15) is 0 Å². The van der Waals surface area contributed by atoms with Gasteiger partial charge in [-0.25, -0.2) is 9.97 Å². The van der Waals surface area contributed by atoms with Crippen molar-refractivity contribution in [3.63, 3.8) is 0 Å². The molecular weight excluding hydrogens is 171 g/mol. The Morgan fingerprint density at radius 3 is 3.17 bits per heavy atom. The minimum absolute atomic E-state index is 0.779. The second kappa shape index (κ2) is 2.72. The molecule has 1 atom stereocenters. The number of fused-ring (bicyclic) bond motifs is 1. The molecule has 0 saturated carbocycles. The maximum Gasteiger partial charge on any atom is 0.157 e. The van der Waals surface area contributed by atoms with Crippen LogP contribution in [0.1, 0.15) is 5.82 Å². The molecule has 2 rings (SSSR count). The molecule has 0 aliphatic rings. The molecule has 0 spiro atoms. The molecule has 4 nitrogen and oxygen atoms in total. The van der Waals surface area contributed by atoms with E-state index >= 15 is 0 Å². The van der Waals surface area contributed by atoms with Gasteiger partial charge in [-0.15, -0.1) is 0 Å². The lowest BCUT2D eigenvalue weighted by atomic mass is 10.4. The summed E-state index contributed by atoms with van der Waals surface area (Å²) in [5.41, 5.74) is 1.89. The van der Waals surface area contributed by atoms with Gasteiger partial charge in [0.25, 0.3) is 0 Å². The first kappa shape index (κ1) is 7.50. The van der Waals surface area contributed by atoms with Crippen LogP contribution in [0.25, 0.3) is 11.0 Å². The second-order valence-corrected chi connectivity index (χ2v) is 2.81. The van der Waals surface area contributed by atoms with Crippen LogP contribution >= 0.6 is 9.39 Å². The lowest BCUT2D eigenvalue weighted by Crippen LogP contribution is -1.85. The highest BCUT2D eigenvalue weighted by Gasteiger charge is 2.03. The molecule has 2 aromatic heterocycles. The first-order chi connectivity index (χ1) is 5.81. The zero-order chi connectivity index (χ0) is 8.55. The van der Waals surface area contributed by atoms with Crippen molar-refractivity contribution in [2.75, 3.05) is 5.09 Å². The Morgan fingerprint density at radius 1 is 1.58 bits per heavy atom. The van der Waals surface area contributed by atoms with E-state index in [1.807, 2.05) is 13.0 Å². The SMILES string of the molecule is Cc1nc2c(NP)nccc2[nH]1. The summed E-state index contributed by atoms with van der Waals surface area (Å²) in [6.45, 7) is 1.92. The number of rotatable bonds is 1. The van der Waals surface area contributed by atoms with Crippen molar-refractivity contribution in [2.24, 2.45) is 0 Å². The van der Waals surface area contributed by atoms with Crippen LogP contribution in [0, 0.1) is 6.92 Å². The molecule has 12 heavy (non-hydrogen) atoms. The standard InChI is InChI=1S/C7H9N4P/c1-4-9-5-2-3-8-7(11-12)6(5)10-4/h2-3H,12H2,1H3,(H,8,11)(H,9,10). The van der Waals surface area contributed by atoms with E-state index in [1.165, 1.54) is 0 Å². The number of nitrogens with zero attached hydrogens (tertiary/aromatic N) is 2. The molecule has 0 aromatic carbocycles. The molecule has 1 unspecified atom stereocenters. The molecule has 0 amide bonds. The summed E-state index contributed by atoms with van der Waals surface area (Å²) in [5.74, 6) is 1.68. The molecule has 2 aromatic rings. The van der Waals surface area contributed by atoms with E-state index in [0.29, 0.717) is 0 Å². The Morgan fingerprint density at radius 2 is 2.42 bits per heavy atom. The number of aryl methyl sites for hydroxylation is 1. The fourth-order valence-corrected chi connectivity index (χ4v) is 1.38. The Balaban J connectivity index is 2.78. The van der Waals surface area contributed by atoms with Gasteiger partial charge in [0.05, 0.1) is 5.52 Å². The number of nitrogens with one attached hydrogen (secondary N) is 2. The summed E-state index contributed by atoms with van der Waals surface area (Å²) in [6.07, 6.45) is 1.74. The summed E-state index contributed by atoms with van der Waals surface area (Å²) < 4.78 is 0. The zero-order valence-electron chi connectivity index (χ0n) is 6.63. The Hall–Kier alpha value is -1.15. The van der Waals surface area contributed by atoms with Gasteiger partial charge in [-0.3, -0.25) is 0 Å². The van der Waals surface area contributed by atoms with Crippen LogP contribution in [0.3, 0.4) is 0 Å². The van der Waals surface area contributed by atoms with Gasteiger partial charge >= 0.3 is 0 Å². The van der Waals surface area contributed by atoms with Crippen molar-refractivity contribution in [1.82, 2.24) is 15.0 Å². The molecule has 0 aliphatic heterocycles. The third-order valence-corrected chi connectivity index (χ3v) is 1.93. The van der Waals surface area contributed by atoms with E-state index in [-0.39, 0.29) is 0 Å². The van der Waals surface area contributed by atoms with Crippen LogP contribution < -0.4 is 5.09 Å².